The Balaban J connectivity index is 0.000000230. The van der Waals surface area contributed by atoms with Gasteiger partial charge in [0.2, 0.25) is 0 Å². The van der Waals surface area contributed by atoms with E-state index in [4.69, 9.17) is 0 Å². The van der Waals surface area contributed by atoms with E-state index in [-0.39, 0.29) is 5.69 Å². The number of aromatic nitrogens is 3. The Morgan fingerprint density at radius 1 is 0.688 bits per heavy atom. The molecule has 0 saturated heterocycles. The Morgan fingerprint density at radius 3 is 1.91 bits per heavy atom. The van der Waals surface area contributed by atoms with Crippen LogP contribution in [-0.4, -0.2) is 14.4 Å². The molecule has 0 saturated carbocycles. The Hall–Kier alpha value is -4.31. The van der Waals surface area contributed by atoms with Crippen molar-refractivity contribution in [3.8, 4) is 22.4 Å². The van der Waals surface area contributed by atoms with E-state index in [9.17, 15) is 4.79 Å². The van der Waals surface area contributed by atoms with Gasteiger partial charge in [-0.2, -0.15) is 4.98 Å². The number of rotatable bonds is 3. The van der Waals surface area contributed by atoms with Crippen molar-refractivity contribution in [1.82, 2.24) is 14.4 Å². The molecule has 0 fully saturated rings. The second kappa shape index (κ2) is 10.1. The molecule has 2 heterocycles. The molecule has 5 rings (SSSR count). The van der Waals surface area contributed by atoms with Gasteiger partial charge in [-0.1, -0.05) is 103 Å². The number of allylic oxidation sites excluding steroid dienone is 1. The molecule has 0 aliphatic carbocycles. The van der Waals surface area contributed by atoms with Crippen LogP contribution in [0.4, 0.5) is 0 Å². The van der Waals surface area contributed by atoms with Gasteiger partial charge in [-0.15, -0.1) is 0 Å². The fourth-order valence-corrected chi connectivity index (χ4v) is 3.45. The molecule has 0 unspecified atom stereocenters. The molecule has 0 bridgehead atoms. The summed E-state index contributed by atoms with van der Waals surface area (Å²) < 4.78 is 1.54. The molecule has 5 aromatic rings. The molecule has 0 aliphatic heterocycles. The lowest BCUT2D eigenvalue weighted by Crippen LogP contribution is -2.19. The van der Waals surface area contributed by atoms with E-state index >= 15 is 0 Å². The highest BCUT2D eigenvalue weighted by molar-refractivity contribution is 5.75. The molecule has 0 N–H and O–H groups in total. The summed E-state index contributed by atoms with van der Waals surface area (Å²) in [5.74, 6) is 0. The highest BCUT2D eigenvalue weighted by Gasteiger charge is 2.10. The zero-order valence-corrected chi connectivity index (χ0v) is 17.8. The molecular formula is C28H23N3O. The third kappa shape index (κ3) is 4.87. The first-order valence-electron chi connectivity index (χ1n) is 10.4. The third-order valence-electron chi connectivity index (χ3n) is 4.93. The first kappa shape index (κ1) is 20.9. The van der Waals surface area contributed by atoms with Crippen molar-refractivity contribution in [1.29, 1.82) is 0 Å². The normalized spacial score (nSPS) is 10.7. The maximum Gasteiger partial charge on any atom is 0.355 e. The topological polar surface area (TPSA) is 47.3 Å². The molecule has 4 nitrogen and oxygen atoms in total. The molecule has 4 heteroatoms. The Bertz CT molecular complexity index is 1380. The first-order valence-corrected chi connectivity index (χ1v) is 10.4. The van der Waals surface area contributed by atoms with Crippen LogP contribution < -0.4 is 5.69 Å². The van der Waals surface area contributed by atoms with Crippen molar-refractivity contribution in [2.45, 2.75) is 6.92 Å². The van der Waals surface area contributed by atoms with Gasteiger partial charge >= 0.3 is 5.69 Å². The van der Waals surface area contributed by atoms with Gasteiger partial charge in [-0.05, 0) is 41.3 Å². The van der Waals surface area contributed by atoms with Crippen LogP contribution in [-0.2, 0) is 0 Å². The van der Waals surface area contributed by atoms with Crippen molar-refractivity contribution in [2.24, 2.45) is 0 Å². The quantitative estimate of drug-likeness (QED) is 0.354. The maximum atomic E-state index is 12.2. The van der Waals surface area contributed by atoms with Gasteiger partial charge in [0.25, 0.3) is 0 Å². The van der Waals surface area contributed by atoms with Crippen LogP contribution >= 0.6 is 0 Å². The summed E-state index contributed by atoms with van der Waals surface area (Å²) in [4.78, 5) is 20.3. The average Bonchev–Trinajstić information content (AvgIpc) is 2.86. The van der Waals surface area contributed by atoms with Gasteiger partial charge in [-0.3, -0.25) is 0 Å². The van der Waals surface area contributed by atoms with Crippen molar-refractivity contribution < 1.29 is 0 Å². The summed E-state index contributed by atoms with van der Waals surface area (Å²) in [6.07, 6.45) is 5.43. The maximum absolute atomic E-state index is 12.2. The molecule has 2 aromatic heterocycles. The minimum Gasteiger partial charge on any atom is -0.245 e. The summed E-state index contributed by atoms with van der Waals surface area (Å²) in [5.41, 5.74) is 5.36. The van der Waals surface area contributed by atoms with E-state index in [1.54, 1.807) is 4.40 Å². The summed E-state index contributed by atoms with van der Waals surface area (Å²) in [5, 5.41) is 0. The second-order valence-corrected chi connectivity index (χ2v) is 7.12. The molecule has 3 aromatic carbocycles. The van der Waals surface area contributed by atoms with Crippen LogP contribution in [0.5, 0.6) is 0 Å². The molecule has 0 amide bonds. The van der Waals surface area contributed by atoms with E-state index < -0.39 is 0 Å². The fourth-order valence-electron chi connectivity index (χ4n) is 3.45. The smallest absolute Gasteiger partial charge is 0.245 e. The van der Waals surface area contributed by atoms with Gasteiger partial charge in [0.1, 0.15) is 12.0 Å². The molecule has 0 aliphatic rings. The van der Waals surface area contributed by atoms with Gasteiger partial charge in [0.05, 0.1) is 5.69 Å². The van der Waals surface area contributed by atoms with E-state index in [0.29, 0.717) is 5.65 Å². The van der Waals surface area contributed by atoms with E-state index in [0.717, 1.165) is 22.4 Å². The molecular weight excluding hydrogens is 394 g/mol. The Morgan fingerprint density at radius 2 is 1.28 bits per heavy atom. The lowest BCUT2D eigenvalue weighted by Gasteiger charge is -2.11. The zero-order valence-electron chi connectivity index (χ0n) is 17.8. The average molecular weight is 418 g/mol. The van der Waals surface area contributed by atoms with Crippen LogP contribution in [0.1, 0.15) is 12.5 Å². The van der Waals surface area contributed by atoms with Crippen LogP contribution in [0.3, 0.4) is 0 Å². The highest BCUT2D eigenvalue weighted by atomic mass is 16.1. The molecule has 0 radical (unpaired) electrons. The minimum atomic E-state index is -0.325. The monoisotopic (exact) mass is 417 g/mol. The number of benzene rings is 3. The van der Waals surface area contributed by atoms with Gasteiger partial charge in [0, 0.05) is 0 Å². The molecule has 0 atom stereocenters. The lowest BCUT2D eigenvalue weighted by atomic mass is 10.0. The van der Waals surface area contributed by atoms with Crippen LogP contribution in [0.2, 0.25) is 0 Å². The standard InChI is InChI=1S/C19H13N3O.C9H10/c23-19-21-13-20-18-12-16(14-7-3-1-4-8-14)11-17(22(18)19)15-9-5-2-6-10-15;1-2-6-9-7-4-3-5-8-9/h1-13H;2-8H,1H3/b;6-2+. The summed E-state index contributed by atoms with van der Waals surface area (Å²) in [6, 6.07) is 34.0. The van der Waals surface area contributed by atoms with E-state index in [2.05, 4.69) is 28.2 Å². The van der Waals surface area contributed by atoms with Crippen LogP contribution in [0, 0.1) is 0 Å². The summed E-state index contributed by atoms with van der Waals surface area (Å²) in [7, 11) is 0. The lowest BCUT2D eigenvalue weighted by molar-refractivity contribution is 0.947. The highest BCUT2D eigenvalue weighted by Crippen LogP contribution is 2.26. The van der Waals surface area contributed by atoms with Crippen molar-refractivity contribution in [3.05, 3.63) is 132 Å². The third-order valence-corrected chi connectivity index (χ3v) is 4.93. The van der Waals surface area contributed by atoms with Crippen LogP contribution in [0.15, 0.2) is 120 Å². The van der Waals surface area contributed by atoms with E-state index in [1.165, 1.54) is 11.9 Å². The number of hydrogen-bond acceptors (Lipinski definition) is 3. The first-order chi connectivity index (χ1) is 15.8. The van der Waals surface area contributed by atoms with Gasteiger partial charge < -0.3 is 0 Å². The van der Waals surface area contributed by atoms with Gasteiger partial charge in [-0.25, -0.2) is 14.2 Å². The van der Waals surface area contributed by atoms with Gasteiger partial charge in [0.15, 0.2) is 0 Å². The number of hydrogen-bond donors (Lipinski definition) is 0. The Labute approximate surface area is 187 Å². The van der Waals surface area contributed by atoms with E-state index in [1.807, 2.05) is 104 Å². The SMILES string of the molecule is C/C=C/c1ccccc1.O=c1ncnc2cc(-c3ccccc3)cc(-c3ccccc3)n12. The van der Waals surface area contributed by atoms with Crippen molar-refractivity contribution >= 4 is 11.7 Å². The predicted octanol–water partition coefficient (Wildman–Crippen LogP) is 6.14. The van der Waals surface area contributed by atoms with Crippen molar-refractivity contribution in [2.75, 3.05) is 0 Å². The number of pyridine rings is 1. The van der Waals surface area contributed by atoms with Crippen molar-refractivity contribution in [3.63, 3.8) is 0 Å². The Kier molecular flexibility index (Phi) is 6.63. The zero-order chi connectivity index (χ0) is 22.2. The van der Waals surface area contributed by atoms with Crippen LogP contribution in [0.25, 0.3) is 34.1 Å². The second-order valence-electron chi connectivity index (χ2n) is 7.12. The molecule has 32 heavy (non-hydrogen) atoms. The largest absolute Gasteiger partial charge is 0.355 e. The fraction of sp³-hybridized carbons (Fsp3) is 0.0357. The number of nitrogens with zero attached hydrogens (tertiary/aromatic N) is 3. The molecule has 0 spiro atoms. The molecule has 156 valence electrons. The minimum absolute atomic E-state index is 0.325. The summed E-state index contributed by atoms with van der Waals surface area (Å²) in [6.45, 7) is 2.02. The summed E-state index contributed by atoms with van der Waals surface area (Å²) >= 11 is 0. The predicted molar refractivity (Wildman–Crippen MR) is 131 cm³/mol. The number of fused-ring (bicyclic) bond motifs is 1.